The Balaban J connectivity index is 1.63. The Bertz CT molecular complexity index is 371. The van der Waals surface area contributed by atoms with Crippen LogP contribution in [0.5, 0.6) is 0 Å². The lowest BCUT2D eigenvalue weighted by Gasteiger charge is -2.31. The van der Waals surface area contributed by atoms with Crippen LogP contribution in [0.4, 0.5) is 4.79 Å². The van der Waals surface area contributed by atoms with Gasteiger partial charge in [0.2, 0.25) is 0 Å². The number of carbonyl (C=O) groups is 1. The quantitative estimate of drug-likeness (QED) is 0.829. The van der Waals surface area contributed by atoms with Crippen LogP contribution in [-0.4, -0.2) is 40.3 Å². The van der Waals surface area contributed by atoms with E-state index in [1.165, 1.54) is 19.3 Å². The minimum absolute atomic E-state index is 0.0624. The van der Waals surface area contributed by atoms with Crippen LogP contribution in [0.2, 0.25) is 0 Å². The first kappa shape index (κ1) is 13.9. The maximum Gasteiger partial charge on any atom is 0.317 e. The molecule has 1 aromatic heterocycles. The number of rotatable bonds is 5. The fourth-order valence-electron chi connectivity index (χ4n) is 2.63. The molecule has 5 heteroatoms. The molecule has 0 unspecified atom stereocenters. The number of carbonyl (C=O) groups excluding carboxylic acids is 1. The molecular weight excluding hydrogens is 240 g/mol. The largest absolute Gasteiger partial charge is 0.338 e. The first-order chi connectivity index (χ1) is 9.27. The van der Waals surface area contributed by atoms with Crippen molar-refractivity contribution >= 4 is 6.03 Å². The van der Waals surface area contributed by atoms with Crippen molar-refractivity contribution in [2.75, 3.05) is 13.6 Å². The molecule has 1 fully saturated rings. The highest BCUT2D eigenvalue weighted by atomic mass is 16.2. The Morgan fingerprint density at radius 1 is 1.42 bits per heavy atom. The number of hydrogen-bond acceptors (Lipinski definition) is 2. The monoisotopic (exact) mass is 264 g/mol. The highest BCUT2D eigenvalue weighted by Gasteiger charge is 2.21. The minimum Gasteiger partial charge on any atom is -0.338 e. The smallest absolute Gasteiger partial charge is 0.317 e. The first-order valence-electron chi connectivity index (χ1n) is 7.25. The Labute approximate surface area is 115 Å². The Hall–Kier alpha value is -1.52. The molecule has 0 aliphatic heterocycles. The molecule has 5 nitrogen and oxygen atoms in total. The van der Waals surface area contributed by atoms with Gasteiger partial charge in [-0.25, -0.2) is 4.79 Å². The van der Waals surface area contributed by atoms with Gasteiger partial charge in [0.15, 0.2) is 0 Å². The van der Waals surface area contributed by atoms with Crippen molar-refractivity contribution in [2.24, 2.45) is 0 Å². The van der Waals surface area contributed by atoms with Crippen LogP contribution in [0, 0.1) is 0 Å². The van der Waals surface area contributed by atoms with Gasteiger partial charge in [-0.1, -0.05) is 19.3 Å². The molecular formula is C14H24N4O. The third kappa shape index (κ3) is 4.26. The van der Waals surface area contributed by atoms with Crippen molar-refractivity contribution in [3.63, 3.8) is 0 Å². The van der Waals surface area contributed by atoms with Crippen LogP contribution in [0.15, 0.2) is 18.5 Å². The predicted molar refractivity (Wildman–Crippen MR) is 74.9 cm³/mol. The number of hydrogen-bond donors (Lipinski definition) is 1. The number of aromatic nitrogens is 2. The minimum atomic E-state index is 0.0624. The summed E-state index contributed by atoms with van der Waals surface area (Å²) in [5, 5.41) is 7.12. The zero-order valence-corrected chi connectivity index (χ0v) is 11.7. The van der Waals surface area contributed by atoms with E-state index in [9.17, 15) is 4.79 Å². The molecule has 0 bridgehead atoms. The molecule has 0 radical (unpaired) electrons. The lowest BCUT2D eigenvalue weighted by molar-refractivity contribution is 0.173. The van der Waals surface area contributed by atoms with Gasteiger partial charge < -0.3 is 10.2 Å². The predicted octanol–water partition coefficient (Wildman–Crippen LogP) is 2.25. The maximum atomic E-state index is 12.0. The van der Waals surface area contributed by atoms with Gasteiger partial charge in [-0.15, -0.1) is 0 Å². The summed E-state index contributed by atoms with van der Waals surface area (Å²) >= 11 is 0. The summed E-state index contributed by atoms with van der Waals surface area (Å²) in [7, 11) is 1.92. The molecule has 0 spiro atoms. The number of nitrogens with zero attached hydrogens (tertiary/aromatic N) is 3. The van der Waals surface area contributed by atoms with E-state index in [1.807, 2.05) is 28.9 Å². The molecule has 0 saturated heterocycles. The van der Waals surface area contributed by atoms with E-state index in [1.54, 1.807) is 6.20 Å². The van der Waals surface area contributed by atoms with Gasteiger partial charge in [0.05, 0.1) is 0 Å². The van der Waals surface area contributed by atoms with Gasteiger partial charge in [0.1, 0.15) is 0 Å². The van der Waals surface area contributed by atoms with Crippen LogP contribution in [0.25, 0.3) is 0 Å². The lowest BCUT2D eigenvalue weighted by Crippen LogP contribution is -2.44. The zero-order chi connectivity index (χ0) is 13.5. The van der Waals surface area contributed by atoms with Crippen LogP contribution in [-0.2, 0) is 6.54 Å². The average Bonchev–Trinajstić information content (AvgIpc) is 2.96. The highest BCUT2D eigenvalue weighted by Crippen LogP contribution is 2.21. The second-order valence-electron chi connectivity index (χ2n) is 5.26. The third-order valence-electron chi connectivity index (χ3n) is 3.84. The molecule has 1 aliphatic carbocycles. The molecule has 2 rings (SSSR count). The molecule has 1 saturated carbocycles. The highest BCUT2D eigenvalue weighted by molar-refractivity contribution is 5.74. The van der Waals surface area contributed by atoms with Crippen molar-refractivity contribution in [3.8, 4) is 0 Å². The number of amides is 2. The molecule has 19 heavy (non-hydrogen) atoms. The van der Waals surface area contributed by atoms with E-state index < -0.39 is 0 Å². The molecule has 0 aromatic carbocycles. The second kappa shape index (κ2) is 7.16. The van der Waals surface area contributed by atoms with Gasteiger partial charge >= 0.3 is 6.03 Å². The number of aryl methyl sites for hydroxylation is 1. The third-order valence-corrected chi connectivity index (χ3v) is 3.84. The lowest BCUT2D eigenvalue weighted by atomic mass is 9.95. The van der Waals surface area contributed by atoms with Crippen molar-refractivity contribution < 1.29 is 4.79 Å². The van der Waals surface area contributed by atoms with Crippen LogP contribution in [0.3, 0.4) is 0 Å². The van der Waals surface area contributed by atoms with E-state index in [0.29, 0.717) is 12.6 Å². The fraction of sp³-hybridized carbons (Fsp3) is 0.714. The van der Waals surface area contributed by atoms with E-state index >= 15 is 0 Å². The maximum absolute atomic E-state index is 12.0. The summed E-state index contributed by atoms with van der Waals surface area (Å²) < 4.78 is 1.89. The van der Waals surface area contributed by atoms with Crippen LogP contribution >= 0.6 is 0 Å². The molecule has 1 N–H and O–H groups in total. The molecule has 1 aliphatic rings. The van der Waals surface area contributed by atoms with Crippen molar-refractivity contribution in [1.82, 2.24) is 20.0 Å². The Morgan fingerprint density at radius 2 is 2.21 bits per heavy atom. The zero-order valence-electron chi connectivity index (χ0n) is 11.7. The average molecular weight is 264 g/mol. The Morgan fingerprint density at radius 3 is 2.89 bits per heavy atom. The normalized spacial score (nSPS) is 16.3. The van der Waals surface area contributed by atoms with E-state index in [2.05, 4.69) is 10.4 Å². The first-order valence-corrected chi connectivity index (χ1v) is 7.25. The standard InChI is InChI=1S/C14H24N4O/c1-17(13-7-3-2-4-8-13)14(19)15-9-5-11-18-12-6-10-16-18/h6,10,12-13H,2-5,7-9,11H2,1H3,(H,15,19). The number of urea groups is 1. The van der Waals surface area contributed by atoms with E-state index in [-0.39, 0.29) is 6.03 Å². The summed E-state index contributed by atoms with van der Waals surface area (Å²) in [6, 6.07) is 2.40. The van der Waals surface area contributed by atoms with Gasteiger partial charge in [-0.05, 0) is 25.3 Å². The van der Waals surface area contributed by atoms with Gasteiger partial charge in [-0.3, -0.25) is 4.68 Å². The second-order valence-corrected chi connectivity index (χ2v) is 5.26. The fourth-order valence-corrected chi connectivity index (χ4v) is 2.63. The molecule has 1 heterocycles. The summed E-state index contributed by atoms with van der Waals surface area (Å²) in [6.07, 6.45) is 10.7. The van der Waals surface area contributed by atoms with Crippen LogP contribution in [0.1, 0.15) is 38.5 Å². The summed E-state index contributed by atoms with van der Waals surface area (Å²) in [6.45, 7) is 1.55. The topological polar surface area (TPSA) is 50.2 Å². The van der Waals surface area contributed by atoms with E-state index in [4.69, 9.17) is 0 Å². The summed E-state index contributed by atoms with van der Waals surface area (Å²) in [5.74, 6) is 0. The number of nitrogens with one attached hydrogen (secondary N) is 1. The van der Waals surface area contributed by atoms with Gasteiger partial charge in [-0.2, -0.15) is 5.10 Å². The van der Waals surface area contributed by atoms with Crippen molar-refractivity contribution in [2.45, 2.75) is 51.1 Å². The summed E-state index contributed by atoms with van der Waals surface area (Å²) in [5.41, 5.74) is 0. The molecule has 2 amide bonds. The summed E-state index contributed by atoms with van der Waals surface area (Å²) in [4.78, 5) is 13.9. The van der Waals surface area contributed by atoms with E-state index in [0.717, 1.165) is 25.8 Å². The molecule has 0 atom stereocenters. The molecule has 106 valence electrons. The van der Waals surface area contributed by atoms with Gasteiger partial charge in [0.25, 0.3) is 0 Å². The SMILES string of the molecule is CN(C(=O)NCCCn1cccn1)C1CCCCC1. The van der Waals surface area contributed by atoms with Crippen molar-refractivity contribution in [3.05, 3.63) is 18.5 Å². The van der Waals surface area contributed by atoms with Gasteiger partial charge in [0, 0.05) is 38.6 Å². The van der Waals surface area contributed by atoms with Crippen molar-refractivity contribution in [1.29, 1.82) is 0 Å². The van der Waals surface area contributed by atoms with Crippen LogP contribution < -0.4 is 5.32 Å². The molecule has 1 aromatic rings. The Kier molecular flexibility index (Phi) is 5.24.